The fourth-order valence-electron chi connectivity index (χ4n) is 14.3. The van der Waals surface area contributed by atoms with E-state index in [0.29, 0.717) is 0 Å². The molecule has 0 saturated heterocycles. The summed E-state index contributed by atoms with van der Waals surface area (Å²) in [6.07, 6.45) is 7.07. The van der Waals surface area contributed by atoms with Gasteiger partial charge in [0.05, 0.1) is 20.9 Å². The van der Waals surface area contributed by atoms with Gasteiger partial charge in [-0.2, -0.15) is 0 Å². The third kappa shape index (κ3) is 5.78. The highest BCUT2D eigenvalue weighted by atomic mass is 28.2. The van der Waals surface area contributed by atoms with E-state index in [1.807, 2.05) is 0 Å². The highest BCUT2D eigenvalue weighted by Gasteiger charge is 2.50. The molecular formula is C63H69BN2OSi. The van der Waals surface area contributed by atoms with Gasteiger partial charge in [-0.05, 0) is 193 Å². The molecule has 3 nitrogen and oxygen atoms in total. The lowest BCUT2D eigenvalue weighted by atomic mass is 9.35. The van der Waals surface area contributed by atoms with E-state index in [1.165, 1.54) is 144 Å². The zero-order valence-corrected chi connectivity index (χ0v) is 44.5. The van der Waals surface area contributed by atoms with E-state index >= 15 is 0 Å². The second kappa shape index (κ2) is 13.5. The lowest BCUT2D eigenvalue weighted by Crippen LogP contribution is -2.61. The molecule has 1 aromatic heterocycles. The van der Waals surface area contributed by atoms with E-state index in [1.54, 1.807) is 5.19 Å². The summed E-state index contributed by atoms with van der Waals surface area (Å²) in [6, 6.07) is 39.3. The summed E-state index contributed by atoms with van der Waals surface area (Å²) in [5.74, 6) is 0. The van der Waals surface area contributed by atoms with Gasteiger partial charge in [0, 0.05) is 33.8 Å². The third-order valence-corrected chi connectivity index (χ3v) is 21.0. The number of fused-ring (bicyclic) bond motifs is 12. The Morgan fingerprint density at radius 3 is 1.69 bits per heavy atom. The van der Waals surface area contributed by atoms with E-state index < -0.39 is 9.52 Å². The highest BCUT2D eigenvalue weighted by Crippen LogP contribution is 2.55. The Bertz CT molecular complexity index is 3380. The number of hydrogen-bond donors (Lipinski definition) is 0. The first kappa shape index (κ1) is 42.8. The van der Waals surface area contributed by atoms with Gasteiger partial charge >= 0.3 is 0 Å². The molecule has 0 bridgehead atoms. The summed E-state index contributed by atoms with van der Waals surface area (Å²) >= 11 is 0. The Hall–Kier alpha value is -5.26. The fourth-order valence-corrected chi connectivity index (χ4v) is 16.4. The number of furan rings is 1. The number of benzene rings is 6. The van der Waals surface area contributed by atoms with Crippen LogP contribution in [0, 0.1) is 6.92 Å². The number of nitrogens with zero attached hydrogens (tertiary/aromatic N) is 2. The molecule has 0 N–H and O–H groups in total. The van der Waals surface area contributed by atoms with Gasteiger partial charge in [0.1, 0.15) is 5.58 Å². The fraction of sp³-hybridized carbons (Fsp3) is 0.397. The van der Waals surface area contributed by atoms with Crippen LogP contribution < -0.4 is 36.8 Å². The van der Waals surface area contributed by atoms with Gasteiger partial charge in [-0.15, -0.1) is 0 Å². The first-order valence-corrected chi connectivity index (χ1v) is 27.4. The average molecular weight is 909 g/mol. The molecule has 0 spiro atoms. The standard InChI is InChI=1S/C63H69BN2OSi/c1-36-29-50-54-51(30-36)66(48-19-16-18-39-38-17-14-15-20-53(38)68-56(39)48)55-40-32-43-46(63(12,13)28-25-60(43,6)7)35-52(40)67-57(55)64(54)47-33-44-45(62(10,11)27-26-61(44,8)9)34-49(47)65(50)37-21-22-41-42(31-37)59(4,5)24-23-58(41,2)3/h14-22,29-35H,23-28,68H2,1-13H3. The Morgan fingerprint density at radius 1 is 0.485 bits per heavy atom. The van der Waals surface area contributed by atoms with Crippen LogP contribution in [0.3, 0.4) is 0 Å². The number of aryl methyl sites for hydroxylation is 1. The van der Waals surface area contributed by atoms with Gasteiger partial charge in [0.25, 0.3) is 6.71 Å². The maximum absolute atomic E-state index is 7.74. The van der Waals surface area contributed by atoms with Gasteiger partial charge in [-0.3, -0.25) is 0 Å². The van der Waals surface area contributed by atoms with E-state index in [9.17, 15) is 0 Å². The summed E-state index contributed by atoms with van der Waals surface area (Å²) in [6.45, 7) is 31.9. The molecule has 3 aliphatic heterocycles. The van der Waals surface area contributed by atoms with Crippen LogP contribution in [-0.2, 0) is 32.5 Å². The molecule has 0 fully saturated rings. The van der Waals surface area contributed by atoms with Crippen molar-refractivity contribution >= 4 is 88.3 Å². The minimum Gasteiger partial charge on any atom is -0.468 e. The molecule has 6 aliphatic rings. The predicted octanol–water partition coefficient (Wildman–Crippen LogP) is 13.0. The first-order valence-electron chi connectivity index (χ1n) is 26.0. The topological polar surface area (TPSA) is 19.6 Å². The lowest BCUT2D eigenvalue weighted by Gasteiger charge is -2.47. The molecular weight excluding hydrogens is 840 g/mol. The van der Waals surface area contributed by atoms with Crippen LogP contribution in [-0.4, -0.2) is 16.2 Å². The van der Waals surface area contributed by atoms with E-state index in [2.05, 4.69) is 197 Å². The molecule has 5 heteroatoms. The van der Waals surface area contributed by atoms with Crippen LogP contribution in [0.15, 0.2) is 101 Å². The summed E-state index contributed by atoms with van der Waals surface area (Å²) in [5, 5.41) is 4.32. The highest BCUT2D eigenvalue weighted by molar-refractivity contribution is 7.00. The number of anilines is 6. The smallest absolute Gasteiger partial charge is 0.297 e. The maximum atomic E-state index is 7.74. The van der Waals surface area contributed by atoms with Crippen molar-refractivity contribution in [3.63, 3.8) is 0 Å². The molecule has 7 aromatic rings. The zero-order valence-electron chi connectivity index (χ0n) is 43.1. The monoisotopic (exact) mass is 909 g/mol. The number of hydrogen-bond acceptors (Lipinski definition) is 3. The normalized spacial score (nSPS) is 21.3. The summed E-state index contributed by atoms with van der Waals surface area (Å²) in [7, 11) is -0.783. The Kier molecular flexibility index (Phi) is 8.52. The van der Waals surface area contributed by atoms with Crippen molar-refractivity contribution < 1.29 is 4.42 Å². The number of rotatable bonds is 2. The van der Waals surface area contributed by atoms with Gasteiger partial charge in [-0.1, -0.05) is 137 Å². The molecule has 0 atom stereocenters. The second-order valence-corrected chi connectivity index (χ2v) is 28.0. The molecule has 6 aromatic carbocycles. The van der Waals surface area contributed by atoms with Crippen molar-refractivity contribution in [2.24, 2.45) is 0 Å². The SMILES string of the molecule is Cc1cc2c3c(c1)N(c1cccc4c1[SiH2]c1ccccc1-4)c1c(oc4cc5c(cc14)C(C)(C)CCC5(C)C)B3c1cc3c(cc1N2c1ccc2c(c1)C(C)(C)CCC2(C)C)C(C)(C)CCC3(C)C. The van der Waals surface area contributed by atoms with Crippen molar-refractivity contribution in [1.82, 2.24) is 0 Å². The zero-order chi connectivity index (χ0) is 47.4. The quantitative estimate of drug-likeness (QED) is 0.161. The largest absolute Gasteiger partial charge is 0.468 e. The van der Waals surface area contributed by atoms with E-state index in [0.717, 1.165) is 11.2 Å². The van der Waals surface area contributed by atoms with Crippen LogP contribution in [0.1, 0.15) is 161 Å². The Balaban J connectivity index is 1.16. The second-order valence-electron chi connectivity index (χ2n) is 26.2. The maximum Gasteiger partial charge on any atom is 0.297 e. The van der Waals surface area contributed by atoms with Crippen LogP contribution in [0.5, 0.6) is 0 Å². The minimum atomic E-state index is -0.783. The third-order valence-electron chi connectivity index (χ3n) is 18.9. The molecule has 0 unspecified atom stereocenters. The summed E-state index contributed by atoms with van der Waals surface area (Å²) in [5.41, 5.74) is 26.0. The molecule has 68 heavy (non-hydrogen) atoms. The van der Waals surface area contributed by atoms with Crippen LogP contribution in [0.2, 0.25) is 0 Å². The van der Waals surface area contributed by atoms with Crippen molar-refractivity contribution in [3.8, 4) is 11.1 Å². The minimum absolute atomic E-state index is 0.0420. The van der Waals surface area contributed by atoms with Gasteiger partial charge in [-0.25, -0.2) is 0 Å². The van der Waals surface area contributed by atoms with E-state index in [-0.39, 0.29) is 39.2 Å². The molecule has 4 heterocycles. The van der Waals surface area contributed by atoms with Gasteiger partial charge in [0.15, 0.2) is 0 Å². The van der Waals surface area contributed by atoms with Gasteiger partial charge < -0.3 is 14.2 Å². The molecule has 3 aliphatic carbocycles. The molecule has 0 radical (unpaired) electrons. The summed E-state index contributed by atoms with van der Waals surface area (Å²) in [4.78, 5) is 5.41. The molecule has 344 valence electrons. The van der Waals surface area contributed by atoms with Gasteiger partial charge in [0.2, 0.25) is 0 Å². The first-order chi connectivity index (χ1) is 32.1. The van der Waals surface area contributed by atoms with Crippen LogP contribution in [0.4, 0.5) is 34.1 Å². The molecule has 13 rings (SSSR count). The Labute approximate surface area is 408 Å². The predicted molar refractivity (Wildman–Crippen MR) is 294 cm³/mol. The molecule has 0 amide bonds. The summed E-state index contributed by atoms with van der Waals surface area (Å²) < 4.78 is 7.74. The van der Waals surface area contributed by atoms with Crippen molar-refractivity contribution in [2.45, 2.75) is 161 Å². The van der Waals surface area contributed by atoms with Crippen molar-refractivity contribution in [2.75, 3.05) is 9.80 Å². The van der Waals surface area contributed by atoms with Crippen molar-refractivity contribution in [1.29, 1.82) is 0 Å². The van der Waals surface area contributed by atoms with E-state index in [4.69, 9.17) is 4.42 Å². The lowest BCUT2D eigenvalue weighted by molar-refractivity contribution is 0.332. The van der Waals surface area contributed by atoms with Crippen LogP contribution >= 0.6 is 0 Å². The Morgan fingerprint density at radius 2 is 1.03 bits per heavy atom. The van der Waals surface area contributed by atoms with Crippen molar-refractivity contribution in [3.05, 3.63) is 136 Å². The van der Waals surface area contributed by atoms with Crippen LogP contribution in [0.25, 0.3) is 22.1 Å². The molecule has 0 saturated carbocycles. The average Bonchev–Trinajstić information content (AvgIpc) is 3.86.